The topological polar surface area (TPSA) is 89.5 Å². The van der Waals surface area contributed by atoms with Crippen molar-refractivity contribution in [2.45, 2.75) is 351 Å². The van der Waals surface area contributed by atoms with E-state index in [2.05, 4.69) is 55.4 Å². The Morgan fingerprint density at radius 3 is 0.989 bits per heavy atom. The summed E-state index contributed by atoms with van der Waals surface area (Å²) in [4.78, 5) is 44.1. The predicted octanol–water partition coefficient (Wildman–Crippen LogP) is 24.2. The molecule has 6 rings (SSSR count). The molecule has 0 amide bonds. The van der Waals surface area contributed by atoms with Gasteiger partial charge < -0.3 is 9.47 Å². The van der Waals surface area contributed by atoms with E-state index in [0.29, 0.717) is 37.9 Å². The van der Waals surface area contributed by atoms with Gasteiger partial charge in [-0.1, -0.05) is 222 Å². The Bertz CT molecular complexity index is 1760. The fraction of sp³-hybridized carbons (Fsp3) is 0.976. The van der Waals surface area contributed by atoms with Gasteiger partial charge in [0.15, 0.2) is 0 Å². The Morgan fingerprint density at radius 1 is 0.304 bits per heavy atom. The van der Waals surface area contributed by atoms with Crippen LogP contribution in [0.3, 0.4) is 0 Å². The molecular weight excluding hydrogens is 1140 g/mol. The molecule has 22 atom stereocenters. The van der Waals surface area contributed by atoms with Gasteiger partial charge in [0.25, 0.3) is 0 Å². The fourth-order valence-corrected chi connectivity index (χ4v) is 21.0. The van der Waals surface area contributed by atoms with Gasteiger partial charge in [0.05, 0.1) is 41.7 Å². The molecule has 0 saturated heterocycles. The summed E-state index contributed by atoms with van der Waals surface area (Å²) in [6.45, 7) is 22.0. The normalized spacial score (nSPS) is 30.1. The summed E-state index contributed by atoms with van der Waals surface area (Å²) in [5, 5.41) is 0. The molecule has 6 aliphatic rings. The van der Waals surface area contributed by atoms with E-state index in [4.69, 9.17) is 29.0 Å². The van der Waals surface area contributed by atoms with Crippen molar-refractivity contribution in [1.82, 2.24) is 0 Å². The van der Waals surface area contributed by atoms with E-state index in [1.807, 2.05) is 0 Å². The molecule has 0 bridgehead atoms. The largest absolute Gasteiger partial charge is 0.469 e. The van der Waals surface area contributed by atoms with Gasteiger partial charge in [0.1, 0.15) is 0 Å². The zero-order valence-electron chi connectivity index (χ0n) is 62.9. The standard InChI is InChI=1S/C84H154O8/c1-61(19-13-23-67(7)77-45-47-81(59-77)79-43-39-73(55-79)57-83(85)87-9)31-33-69(27-17-25-65(5)75-41-37-71(53-75)29-15-21-63(3)49-51-91-89-11)35-36-70(28-18-26-66(6)76-42-38-72(54-76)30-16-22-64(4)50-52-92-90-12)34-32-62(2)20-14-24-68(8)78-46-48-82(60-78)80-44-40-74(56-80)58-84(86)88-10/h61-82H,13-60H2,1-12H3/t61-,62-,63+,64+,65+,66+,67+,68+,69-,70-,71-,72-,73-,74-,75-,76-,77-,78-,79?,80?,81-,82-/m0/s1. The molecule has 0 aromatic carbocycles. The fourth-order valence-electron chi connectivity index (χ4n) is 21.0. The molecule has 0 aromatic heterocycles. The first kappa shape index (κ1) is 79.8. The molecule has 92 heavy (non-hydrogen) atoms. The van der Waals surface area contributed by atoms with Gasteiger partial charge >= 0.3 is 11.9 Å². The number of ether oxygens (including phenoxy) is 2. The quantitative estimate of drug-likeness (QED) is 0.0258. The monoisotopic (exact) mass is 1290 g/mol. The van der Waals surface area contributed by atoms with Crippen LogP contribution in [0.15, 0.2) is 0 Å². The lowest BCUT2D eigenvalue weighted by Crippen LogP contribution is -2.14. The van der Waals surface area contributed by atoms with Crippen LogP contribution in [-0.2, 0) is 38.6 Å². The molecule has 538 valence electrons. The van der Waals surface area contributed by atoms with Crippen LogP contribution in [0.2, 0.25) is 0 Å². The second-order valence-corrected chi connectivity index (χ2v) is 34.9. The maximum Gasteiger partial charge on any atom is 0.305 e. The molecule has 0 aromatic rings. The zero-order chi connectivity index (χ0) is 66.0. The van der Waals surface area contributed by atoms with Gasteiger partial charge in [-0.15, -0.1) is 0 Å². The van der Waals surface area contributed by atoms with E-state index in [9.17, 15) is 9.59 Å². The highest BCUT2D eigenvalue weighted by Crippen LogP contribution is 2.50. The van der Waals surface area contributed by atoms with Crippen LogP contribution >= 0.6 is 0 Å². The first-order valence-electron chi connectivity index (χ1n) is 41.0. The van der Waals surface area contributed by atoms with Crippen LogP contribution in [0.1, 0.15) is 351 Å². The van der Waals surface area contributed by atoms with E-state index in [1.165, 1.54) is 270 Å². The third-order valence-corrected chi connectivity index (χ3v) is 27.9. The lowest BCUT2D eigenvalue weighted by molar-refractivity contribution is -0.274. The van der Waals surface area contributed by atoms with Gasteiger partial charge in [-0.3, -0.25) is 9.59 Å². The van der Waals surface area contributed by atoms with Crippen LogP contribution in [0.4, 0.5) is 0 Å². The first-order chi connectivity index (χ1) is 44.5. The molecule has 6 fully saturated rings. The summed E-state index contributed by atoms with van der Waals surface area (Å²) in [5.41, 5.74) is 0. The molecule has 0 radical (unpaired) electrons. The summed E-state index contributed by atoms with van der Waals surface area (Å²) in [6.07, 6.45) is 62.7. The molecule has 6 saturated carbocycles. The number of carbonyl (C=O) groups excluding carboxylic acids is 2. The van der Waals surface area contributed by atoms with E-state index in [0.717, 1.165) is 131 Å². The van der Waals surface area contributed by atoms with Crippen molar-refractivity contribution in [3.05, 3.63) is 0 Å². The Balaban J connectivity index is 0.998. The number of methoxy groups -OCH3 is 2. The summed E-state index contributed by atoms with van der Waals surface area (Å²) in [5.74, 6) is 18.5. The minimum Gasteiger partial charge on any atom is -0.469 e. The Morgan fingerprint density at radius 2 is 0.609 bits per heavy atom. The second-order valence-electron chi connectivity index (χ2n) is 34.9. The molecule has 8 nitrogen and oxygen atoms in total. The van der Waals surface area contributed by atoms with Crippen LogP contribution in [0.5, 0.6) is 0 Å². The van der Waals surface area contributed by atoms with Crippen LogP contribution in [-0.4, -0.2) is 53.6 Å². The van der Waals surface area contributed by atoms with Crippen molar-refractivity contribution in [2.75, 3.05) is 41.7 Å². The predicted molar refractivity (Wildman–Crippen MR) is 385 cm³/mol. The lowest BCUT2D eigenvalue weighted by Gasteiger charge is -2.26. The van der Waals surface area contributed by atoms with Crippen molar-refractivity contribution in [3.63, 3.8) is 0 Å². The summed E-state index contributed by atoms with van der Waals surface area (Å²) >= 11 is 0. The molecule has 8 heteroatoms. The highest BCUT2D eigenvalue weighted by atomic mass is 17.2. The van der Waals surface area contributed by atoms with Crippen molar-refractivity contribution in [3.8, 4) is 0 Å². The second kappa shape index (κ2) is 45.4. The van der Waals surface area contributed by atoms with Crippen LogP contribution < -0.4 is 0 Å². The summed E-state index contributed by atoms with van der Waals surface area (Å²) in [7, 11) is 6.34. The molecule has 0 N–H and O–H groups in total. The van der Waals surface area contributed by atoms with Gasteiger partial charge in [-0.05, 0) is 246 Å². The first-order valence-corrected chi connectivity index (χ1v) is 41.0. The minimum atomic E-state index is -0.00848. The number of hydrogen-bond acceptors (Lipinski definition) is 8. The molecule has 0 aliphatic heterocycles. The van der Waals surface area contributed by atoms with Gasteiger partial charge in [-0.2, -0.15) is 0 Å². The summed E-state index contributed by atoms with van der Waals surface area (Å²) in [6, 6.07) is 0. The number of hydrogen-bond donors (Lipinski definition) is 0. The Kier molecular flexibility index (Phi) is 39.4. The van der Waals surface area contributed by atoms with E-state index >= 15 is 0 Å². The SMILES string of the molecule is COOCC[C@H](C)CCC[C@H]1CC[C@H]([C@H](C)CCC[C@@H](CC[C@@H](C)CCC[C@@H](C)[C@H]2CC[C@H](C3CC[C@H](CC(=O)OC)C3)C2)CC[C@@H](CCC[C@@H](C)[C@H]2CC[C@H](CCC[C@@H](C)CCOOC)C2)CC[C@@H](C)CCC[C@@H](C)[C@H]2CC[C@H](C3CC[C@H](CC(=O)OC)C3)C2)C1. The molecule has 0 spiro atoms. The minimum absolute atomic E-state index is 0.00848. The van der Waals surface area contributed by atoms with Gasteiger partial charge in [-0.25, -0.2) is 19.6 Å². The van der Waals surface area contributed by atoms with Crippen LogP contribution in [0.25, 0.3) is 0 Å². The highest BCUT2D eigenvalue weighted by Gasteiger charge is 2.40. The van der Waals surface area contributed by atoms with Crippen LogP contribution in [0, 0.1) is 130 Å². The van der Waals surface area contributed by atoms with Gasteiger partial charge in [0.2, 0.25) is 0 Å². The average Bonchev–Trinajstić information content (AvgIpc) is 2.04. The molecular formula is C84H154O8. The van der Waals surface area contributed by atoms with E-state index in [-0.39, 0.29) is 11.9 Å². The lowest BCUT2D eigenvalue weighted by atomic mass is 9.80. The Hall–Kier alpha value is -1.22. The third-order valence-electron chi connectivity index (χ3n) is 27.9. The smallest absolute Gasteiger partial charge is 0.305 e. The van der Waals surface area contributed by atoms with Crippen molar-refractivity contribution >= 4 is 11.9 Å². The number of rotatable bonds is 51. The average molecular weight is 1290 g/mol. The molecule has 0 heterocycles. The van der Waals surface area contributed by atoms with Crippen molar-refractivity contribution in [2.24, 2.45) is 130 Å². The molecule has 2 unspecified atom stereocenters. The maximum atomic E-state index is 12.0. The third kappa shape index (κ3) is 30.5. The van der Waals surface area contributed by atoms with Gasteiger partial charge in [0, 0.05) is 12.8 Å². The molecule has 6 aliphatic carbocycles. The van der Waals surface area contributed by atoms with Crippen molar-refractivity contribution in [1.29, 1.82) is 0 Å². The van der Waals surface area contributed by atoms with E-state index < -0.39 is 0 Å². The maximum absolute atomic E-state index is 12.0. The summed E-state index contributed by atoms with van der Waals surface area (Å²) < 4.78 is 10.1. The van der Waals surface area contributed by atoms with Crippen molar-refractivity contribution < 1.29 is 38.6 Å². The number of esters is 2. The van der Waals surface area contributed by atoms with E-state index in [1.54, 1.807) is 28.4 Å². The number of carbonyl (C=O) groups is 2. The Labute approximate surface area is 570 Å². The zero-order valence-corrected chi connectivity index (χ0v) is 62.9. The highest BCUT2D eigenvalue weighted by molar-refractivity contribution is 5.69.